The van der Waals surface area contributed by atoms with Crippen LogP contribution in [-0.2, 0) is 9.53 Å². The van der Waals surface area contributed by atoms with Crippen LogP contribution in [-0.4, -0.2) is 25.5 Å². The van der Waals surface area contributed by atoms with Gasteiger partial charge in [0.2, 0.25) is 0 Å². The highest BCUT2D eigenvalue weighted by Crippen LogP contribution is 2.13. The fourth-order valence-corrected chi connectivity index (χ4v) is 1.53. The van der Waals surface area contributed by atoms with Gasteiger partial charge in [0.25, 0.3) is 0 Å². The SMILES string of the molecule is CC.CCNCCCOC1=CC=C(C(C)=O)CC=C1.[HH]. The topological polar surface area (TPSA) is 38.3 Å². The van der Waals surface area contributed by atoms with E-state index in [0.717, 1.165) is 30.8 Å². The number of nitrogens with one attached hydrogen (secondary N) is 1. The summed E-state index contributed by atoms with van der Waals surface area (Å²) in [6.45, 7) is 10.4. The fourth-order valence-electron chi connectivity index (χ4n) is 1.53. The van der Waals surface area contributed by atoms with Gasteiger partial charge >= 0.3 is 0 Å². The van der Waals surface area contributed by atoms with Crippen molar-refractivity contribution < 1.29 is 11.0 Å². The van der Waals surface area contributed by atoms with Crippen LogP contribution in [0.5, 0.6) is 0 Å². The molecule has 1 rings (SSSR count). The smallest absolute Gasteiger partial charge is 0.156 e. The lowest BCUT2D eigenvalue weighted by Gasteiger charge is -2.06. The molecule has 1 N–H and O–H groups in total. The second-order valence-electron chi connectivity index (χ2n) is 3.98. The number of rotatable bonds is 7. The molecule has 0 spiro atoms. The molecule has 0 saturated carbocycles. The van der Waals surface area contributed by atoms with Gasteiger partial charge in [0, 0.05) is 1.43 Å². The number of ether oxygens (including phenoxy) is 1. The van der Waals surface area contributed by atoms with Gasteiger partial charge in [-0.3, -0.25) is 4.79 Å². The molecule has 0 atom stereocenters. The van der Waals surface area contributed by atoms with Crippen LogP contribution in [0, 0.1) is 0 Å². The van der Waals surface area contributed by atoms with Crippen LogP contribution in [0.1, 0.15) is 42.0 Å². The quantitative estimate of drug-likeness (QED) is 0.716. The van der Waals surface area contributed by atoms with Crippen molar-refractivity contribution >= 4 is 5.78 Å². The summed E-state index contributed by atoms with van der Waals surface area (Å²) in [7, 11) is 0. The minimum absolute atomic E-state index is 0. The van der Waals surface area contributed by atoms with E-state index in [9.17, 15) is 4.79 Å². The first-order chi connectivity index (χ1) is 9.24. The molecule has 0 aromatic heterocycles. The molecule has 0 heterocycles. The third-order valence-corrected chi connectivity index (χ3v) is 2.54. The second kappa shape index (κ2) is 11.7. The molecule has 19 heavy (non-hydrogen) atoms. The van der Waals surface area contributed by atoms with Crippen molar-refractivity contribution in [3.63, 3.8) is 0 Å². The number of ketones is 1. The monoisotopic (exact) mass is 267 g/mol. The van der Waals surface area contributed by atoms with Crippen LogP contribution >= 0.6 is 0 Å². The van der Waals surface area contributed by atoms with Gasteiger partial charge in [0.05, 0.1) is 6.61 Å². The Morgan fingerprint density at radius 3 is 2.79 bits per heavy atom. The zero-order valence-electron chi connectivity index (χ0n) is 12.7. The molecule has 0 bridgehead atoms. The van der Waals surface area contributed by atoms with Gasteiger partial charge in [-0.25, -0.2) is 0 Å². The van der Waals surface area contributed by atoms with E-state index >= 15 is 0 Å². The third kappa shape index (κ3) is 8.38. The zero-order valence-corrected chi connectivity index (χ0v) is 12.7. The normalized spacial score (nSPS) is 13.7. The summed E-state index contributed by atoms with van der Waals surface area (Å²) < 4.78 is 5.62. The van der Waals surface area contributed by atoms with Crippen molar-refractivity contribution in [3.8, 4) is 0 Å². The lowest BCUT2D eigenvalue weighted by atomic mass is 10.1. The average molecular weight is 267 g/mol. The molecule has 0 radical (unpaired) electrons. The molecular formula is C16H29NO2. The van der Waals surface area contributed by atoms with E-state index in [1.165, 1.54) is 0 Å². The molecule has 110 valence electrons. The maximum Gasteiger partial charge on any atom is 0.156 e. The average Bonchev–Trinajstić information content (AvgIpc) is 2.66. The number of carbonyl (C=O) groups excluding carboxylic acids is 1. The van der Waals surface area contributed by atoms with Crippen LogP contribution in [0.25, 0.3) is 0 Å². The number of hydrogen-bond donors (Lipinski definition) is 1. The van der Waals surface area contributed by atoms with Gasteiger partial charge in [-0.05, 0) is 50.6 Å². The molecule has 0 fully saturated rings. The highest BCUT2D eigenvalue weighted by atomic mass is 16.5. The van der Waals surface area contributed by atoms with Gasteiger partial charge in [-0.2, -0.15) is 0 Å². The minimum atomic E-state index is 0. The molecule has 0 aromatic carbocycles. The van der Waals surface area contributed by atoms with Crippen molar-refractivity contribution in [1.29, 1.82) is 0 Å². The third-order valence-electron chi connectivity index (χ3n) is 2.54. The molecule has 3 heteroatoms. The van der Waals surface area contributed by atoms with E-state index in [-0.39, 0.29) is 7.21 Å². The maximum atomic E-state index is 11.2. The van der Waals surface area contributed by atoms with Crippen molar-refractivity contribution in [2.75, 3.05) is 19.7 Å². The summed E-state index contributed by atoms with van der Waals surface area (Å²) in [5.41, 5.74) is 0.826. The predicted molar refractivity (Wildman–Crippen MR) is 83.2 cm³/mol. The second-order valence-corrected chi connectivity index (χ2v) is 3.98. The fraction of sp³-hybridized carbons (Fsp3) is 0.562. The molecule has 0 unspecified atom stereocenters. The molecule has 0 aromatic rings. The molecular weight excluding hydrogens is 238 g/mol. The van der Waals surface area contributed by atoms with Gasteiger partial charge in [-0.15, -0.1) is 0 Å². The first kappa shape index (κ1) is 17.6. The van der Waals surface area contributed by atoms with E-state index in [2.05, 4.69) is 12.2 Å². The highest BCUT2D eigenvalue weighted by Gasteiger charge is 2.04. The van der Waals surface area contributed by atoms with Crippen molar-refractivity contribution in [1.82, 2.24) is 5.32 Å². The van der Waals surface area contributed by atoms with Crippen LogP contribution in [0.2, 0.25) is 0 Å². The lowest BCUT2D eigenvalue weighted by molar-refractivity contribution is -0.113. The Balaban J connectivity index is 0. The van der Waals surface area contributed by atoms with Crippen LogP contribution in [0.4, 0.5) is 0 Å². The van der Waals surface area contributed by atoms with Crippen molar-refractivity contribution in [3.05, 3.63) is 35.6 Å². The van der Waals surface area contributed by atoms with E-state index < -0.39 is 0 Å². The Kier molecular flexibility index (Phi) is 10.9. The Hall–Kier alpha value is -1.35. The summed E-state index contributed by atoms with van der Waals surface area (Å²) in [6, 6.07) is 0. The Labute approximate surface area is 118 Å². The molecule has 0 saturated heterocycles. The maximum absolute atomic E-state index is 11.2. The highest BCUT2D eigenvalue weighted by molar-refractivity contribution is 5.93. The predicted octanol–water partition coefficient (Wildman–Crippen LogP) is 3.63. The van der Waals surface area contributed by atoms with Gasteiger partial charge in [0.1, 0.15) is 5.76 Å². The number of Topliss-reactive ketones (excluding diaryl/α,β-unsaturated/α-hetero) is 1. The first-order valence-corrected chi connectivity index (χ1v) is 7.16. The van der Waals surface area contributed by atoms with Gasteiger partial charge < -0.3 is 10.1 Å². The summed E-state index contributed by atoms with van der Waals surface area (Å²) in [4.78, 5) is 11.2. The molecule has 3 nitrogen and oxygen atoms in total. The zero-order chi connectivity index (χ0) is 14.5. The van der Waals surface area contributed by atoms with Crippen LogP contribution in [0.3, 0.4) is 0 Å². The van der Waals surface area contributed by atoms with Crippen LogP contribution < -0.4 is 5.32 Å². The van der Waals surface area contributed by atoms with Crippen molar-refractivity contribution in [2.45, 2.75) is 40.5 Å². The summed E-state index contributed by atoms with van der Waals surface area (Å²) in [5.74, 6) is 0.956. The molecule has 0 aliphatic heterocycles. The van der Waals surface area contributed by atoms with E-state index in [0.29, 0.717) is 13.0 Å². The Morgan fingerprint density at radius 1 is 1.42 bits per heavy atom. The minimum Gasteiger partial charge on any atom is -0.494 e. The van der Waals surface area contributed by atoms with Crippen LogP contribution in [0.15, 0.2) is 35.6 Å². The van der Waals surface area contributed by atoms with E-state index in [1.807, 2.05) is 38.2 Å². The summed E-state index contributed by atoms with van der Waals surface area (Å²) in [5, 5.41) is 3.25. The van der Waals surface area contributed by atoms with E-state index in [1.54, 1.807) is 6.92 Å². The number of hydrogen-bond acceptors (Lipinski definition) is 3. The van der Waals surface area contributed by atoms with Gasteiger partial charge in [-0.1, -0.05) is 32.9 Å². The number of allylic oxidation sites excluding steroid dienone is 5. The standard InChI is InChI=1S/C14H21NO2.C2H6.H2/c1-3-15-10-5-11-17-14-7-4-6-13(8-9-14)12(2)16;1-2;/h4,7-9,15H,3,5-6,10-11H2,1-2H3;1-2H3;1H. The Bertz CT molecular complexity index is 346. The molecule has 0 amide bonds. The lowest BCUT2D eigenvalue weighted by Crippen LogP contribution is -2.15. The van der Waals surface area contributed by atoms with Gasteiger partial charge in [0.15, 0.2) is 5.78 Å². The largest absolute Gasteiger partial charge is 0.494 e. The summed E-state index contributed by atoms with van der Waals surface area (Å²) in [6.07, 6.45) is 9.30. The van der Waals surface area contributed by atoms with E-state index in [4.69, 9.17) is 4.74 Å². The Morgan fingerprint density at radius 2 is 2.16 bits per heavy atom. The molecule has 1 aliphatic carbocycles. The molecule has 1 aliphatic rings. The number of carbonyl (C=O) groups is 1. The summed E-state index contributed by atoms with van der Waals surface area (Å²) >= 11 is 0. The first-order valence-electron chi connectivity index (χ1n) is 7.16. The van der Waals surface area contributed by atoms with Crippen molar-refractivity contribution in [2.24, 2.45) is 0 Å².